The van der Waals surface area contributed by atoms with Gasteiger partial charge in [0.1, 0.15) is 11.5 Å². The molecule has 1 heterocycles. The summed E-state index contributed by atoms with van der Waals surface area (Å²) < 4.78 is 39.6. The number of anilines is 3. The molecular weight excluding hydrogens is 391 g/mol. The highest BCUT2D eigenvalue weighted by Crippen LogP contribution is 2.30. The number of nitrogens with two attached hydrogens (primary N) is 1. The van der Waals surface area contributed by atoms with E-state index in [1.165, 1.54) is 28.6 Å². The standard InChI is InChI=1S/C18H22F3N5O3/c1-3-4-8-26-15(22)14(16(28)24-17(26)29)25(2)10-13(27)23-12-7-5-6-11(9-12)18(19,20)21/h5-7,9H,3-4,8,10,22H2,1-2H3,(H,23,27)(H,24,28,29). The van der Waals surface area contributed by atoms with E-state index in [0.717, 1.165) is 18.6 Å². The SMILES string of the molecule is CCCCn1c(N)c(N(C)CC(=O)Nc2cccc(C(F)(F)F)c2)c(=O)[nH]c1=O. The number of hydrogen-bond acceptors (Lipinski definition) is 5. The Morgan fingerprint density at radius 2 is 2.00 bits per heavy atom. The van der Waals surface area contributed by atoms with Crippen LogP contribution in [0.3, 0.4) is 0 Å². The maximum absolute atomic E-state index is 12.8. The van der Waals surface area contributed by atoms with E-state index in [9.17, 15) is 27.6 Å². The number of hydrogen-bond donors (Lipinski definition) is 3. The van der Waals surface area contributed by atoms with Crippen LogP contribution >= 0.6 is 0 Å². The number of H-pyrrole nitrogens is 1. The highest BCUT2D eigenvalue weighted by Gasteiger charge is 2.30. The molecule has 11 heteroatoms. The summed E-state index contributed by atoms with van der Waals surface area (Å²) in [6.07, 6.45) is -3.07. The van der Waals surface area contributed by atoms with Gasteiger partial charge >= 0.3 is 11.9 Å². The molecule has 1 aromatic heterocycles. The highest BCUT2D eigenvalue weighted by molar-refractivity contribution is 5.94. The van der Waals surface area contributed by atoms with Gasteiger partial charge in [-0.15, -0.1) is 0 Å². The van der Waals surface area contributed by atoms with Crippen LogP contribution in [0, 0.1) is 0 Å². The second-order valence-corrected chi connectivity index (χ2v) is 6.48. The Labute approximate surface area is 164 Å². The summed E-state index contributed by atoms with van der Waals surface area (Å²) in [7, 11) is 1.42. The molecule has 0 saturated carbocycles. The Kier molecular flexibility index (Phi) is 6.72. The van der Waals surface area contributed by atoms with E-state index in [0.29, 0.717) is 13.0 Å². The fourth-order valence-corrected chi connectivity index (χ4v) is 2.75. The van der Waals surface area contributed by atoms with Crippen molar-refractivity contribution in [2.75, 3.05) is 29.5 Å². The molecule has 2 aromatic rings. The van der Waals surface area contributed by atoms with Crippen molar-refractivity contribution >= 4 is 23.1 Å². The number of likely N-dealkylation sites (N-methyl/N-ethyl adjacent to an activating group) is 1. The first-order chi connectivity index (χ1) is 13.5. The Morgan fingerprint density at radius 1 is 1.31 bits per heavy atom. The van der Waals surface area contributed by atoms with Crippen LogP contribution in [0.1, 0.15) is 25.3 Å². The van der Waals surface area contributed by atoms with E-state index in [-0.39, 0.29) is 23.7 Å². The topological polar surface area (TPSA) is 113 Å². The molecule has 1 aromatic carbocycles. The number of alkyl halides is 3. The molecule has 0 atom stereocenters. The molecule has 0 aliphatic rings. The van der Waals surface area contributed by atoms with Gasteiger partial charge in [0.05, 0.1) is 12.1 Å². The Morgan fingerprint density at radius 3 is 2.62 bits per heavy atom. The van der Waals surface area contributed by atoms with Crippen LogP contribution in [0.15, 0.2) is 33.9 Å². The van der Waals surface area contributed by atoms with Gasteiger partial charge in [-0.1, -0.05) is 19.4 Å². The molecule has 0 spiro atoms. The van der Waals surface area contributed by atoms with E-state index in [1.807, 2.05) is 6.92 Å². The number of rotatable bonds is 7. The Bertz CT molecular complexity index is 997. The smallest absolute Gasteiger partial charge is 0.383 e. The van der Waals surface area contributed by atoms with Gasteiger partial charge in [0.2, 0.25) is 5.91 Å². The number of nitrogen functional groups attached to an aromatic ring is 1. The number of carbonyl (C=O) groups excluding carboxylic acids is 1. The van der Waals surface area contributed by atoms with Crippen molar-refractivity contribution < 1.29 is 18.0 Å². The van der Waals surface area contributed by atoms with E-state index >= 15 is 0 Å². The number of benzene rings is 1. The molecule has 0 radical (unpaired) electrons. The van der Waals surface area contributed by atoms with E-state index in [1.54, 1.807) is 0 Å². The van der Waals surface area contributed by atoms with Crippen molar-refractivity contribution in [2.24, 2.45) is 0 Å². The molecule has 2 rings (SSSR count). The van der Waals surface area contributed by atoms with Gasteiger partial charge in [0.15, 0.2) is 0 Å². The fourth-order valence-electron chi connectivity index (χ4n) is 2.75. The minimum atomic E-state index is -4.54. The molecule has 0 aliphatic carbocycles. The molecule has 1 amide bonds. The molecule has 0 unspecified atom stereocenters. The number of amides is 1. The van der Waals surface area contributed by atoms with Crippen LogP contribution < -0.4 is 27.2 Å². The number of aromatic amines is 1. The second kappa shape index (κ2) is 8.84. The predicted molar refractivity (Wildman–Crippen MR) is 104 cm³/mol. The second-order valence-electron chi connectivity index (χ2n) is 6.48. The molecule has 0 fully saturated rings. The predicted octanol–water partition coefficient (Wildman–Crippen LogP) is 2.01. The van der Waals surface area contributed by atoms with Gasteiger partial charge in [-0.2, -0.15) is 13.2 Å². The summed E-state index contributed by atoms with van der Waals surface area (Å²) in [6, 6.07) is 4.19. The van der Waals surface area contributed by atoms with Crippen LogP contribution in [0.25, 0.3) is 0 Å². The number of carbonyl (C=O) groups is 1. The molecule has 0 aliphatic heterocycles. The number of aromatic nitrogens is 2. The van der Waals surface area contributed by atoms with Gasteiger partial charge in [0.25, 0.3) is 5.56 Å². The van der Waals surface area contributed by atoms with E-state index < -0.39 is 28.9 Å². The molecule has 0 saturated heterocycles. The molecule has 8 nitrogen and oxygen atoms in total. The van der Waals surface area contributed by atoms with Gasteiger partial charge in [0, 0.05) is 19.3 Å². The van der Waals surface area contributed by atoms with Crippen LogP contribution in [0.2, 0.25) is 0 Å². The fraction of sp³-hybridized carbons (Fsp3) is 0.389. The zero-order valence-electron chi connectivity index (χ0n) is 16.0. The average molecular weight is 413 g/mol. The van der Waals surface area contributed by atoms with Crippen molar-refractivity contribution in [3.8, 4) is 0 Å². The zero-order chi connectivity index (χ0) is 21.8. The summed E-state index contributed by atoms with van der Waals surface area (Å²) in [5.41, 5.74) is 3.57. The Balaban J connectivity index is 2.20. The van der Waals surface area contributed by atoms with E-state index in [2.05, 4.69) is 10.3 Å². The first-order valence-corrected chi connectivity index (χ1v) is 8.85. The lowest BCUT2D eigenvalue weighted by Crippen LogP contribution is -2.39. The first-order valence-electron chi connectivity index (χ1n) is 8.85. The number of halogens is 3. The summed E-state index contributed by atoms with van der Waals surface area (Å²) in [5.74, 6) is -0.737. The largest absolute Gasteiger partial charge is 0.416 e. The third-order valence-corrected chi connectivity index (χ3v) is 4.19. The van der Waals surface area contributed by atoms with Crippen molar-refractivity contribution in [1.29, 1.82) is 0 Å². The maximum atomic E-state index is 12.8. The molecular formula is C18H22F3N5O3. The van der Waals surface area contributed by atoms with Crippen LogP contribution in [0.4, 0.5) is 30.4 Å². The van der Waals surface area contributed by atoms with Gasteiger partial charge < -0.3 is 16.0 Å². The highest BCUT2D eigenvalue weighted by atomic mass is 19.4. The third-order valence-electron chi connectivity index (χ3n) is 4.19. The lowest BCUT2D eigenvalue weighted by atomic mass is 10.2. The maximum Gasteiger partial charge on any atom is 0.416 e. The van der Waals surface area contributed by atoms with Crippen LogP contribution in [-0.4, -0.2) is 29.1 Å². The van der Waals surface area contributed by atoms with E-state index in [4.69, 9.17) is 5.73 Å². The molecule has 29 heavy (non-hydrogen) atoms. The van der Waals surface area contributed by atoms with Crippen molar-refractivity contribution in [2.45, 2.75) is 32.5 Å². The van der Waals surface area contributed by atoms with Crippen molar-refractivity contribution in [1.82, 2.24) is 9.55 Å². The summed E-state index contributed by atoms with van der Waals surface area (Å²) in [6.45, 7) is 1.86. The average Bonchev–Trinajstić information content (AvgIpc) is 2.60. The van der Waals surface area contributed by atoms with Gasteiger partial charge in [-0.3, -0.25) is 19.1 Å². The van der Waals surface area contributed by atoms with Crippen LogP contribution in [0.5, 0.6) is 0 Å². The number of nitrogens with one attached hydrogen (secondary N) is 2. The van der Waals surface area contributed by atoms with Gasteiger partial charge in [-0.05, 0) is 24.6 Å². The molecule has 4 N–H and O–H groups in total. The normalized spacial score (nSPS) is 11.3. The van der Waals surface area contributed by atoms with Crippen LogP contribution in [-0.2, 0) is 17.5 Å². The zero-order valence-corrected chi connectivity index (χ0v) is 16.0. The minimum Gasteiger partial charge on any atom is -0.383 e. The van der Waals surface area contributed by atoms with Gasteiger partial charge in [-0.25, -0.2) is 4.79 Å². The first kappa shape index (κ1) is 22.1. The lowest BCUT2D eigenvalue weighted by molar-refractivity contribution is -0.137. The monoisotopic (exact) mass is 413 g/mol. The molecule has 0 bridgehead atoms. The molecule has 158 valence electrons. The third kappa shape index (κ3) is 5.39. The lowest BCUT2D eigenvalue weighted by Gasteiger charge is -2.21. The number of nitrogens with zero attached hydrogens (tertiary/aromatic N) is 2. The summed E-state index contributed by atoms with van der Waals surface area (Å²) >= 11 is 0. The number of unbranched alkanes of at least 4 members (excludes halogenated alkanes) is 1. The minimum absolute atomic E-state index is 0.0342. The quantitative estimate of drug-likeness (QED) is 0.643. The summed E-state index contributed by atoms with van der Waals surface area (Å²) in [5, 5.41) is 2.35. The summed E-state index contributed by atoms with van der Waals surface area (Å²) in [4.78, 5) is 39.8. The van der Waals surface area contributed by atoms with Crippen molar-refractivity contribution in [3.05, 3.63) is 50.7 Å². The van der Waals surface area contributed by atoms with Crippen molar-refractivity contribution in [3.63, 3.8) is 0 Å². The Hall–Kier alpha value is -3.24.